The summed E-state index contributed by atoms with van der Waals surface area (Å²) in [6.07, 6.45) is 12.3. The lowest BCUT2D eigenvalue weighted by atomic mass is 9.51. The molecule has 3 fully saturated rings. The fraction of sp³-hybridized carbons (Fsp3) is 0.765. The number of aliphatic hydroxyl groups is 2. The fourth-order valence-corrected chi connectivity index (χ4v) is 11.1. The van der Waals surface area contributed by atoms with E-state index in [4.69, 9.17) is 0 Å². The second-order valence-electron chi connectivity index (χ2n) is 15.0. The molecule has 0 amide bonds. The van der Waals surface area contributed by atoms with Crippen LogP contribution < -0.4 is 0 Å². The van der Waals surface area contributed by atoms with E-state index < -0.39 is 26.8 Å². The molecule has 0 bridgehead atoms. The standard InChI is InChI=1S/C34H52O4S/c1-6-34(36)19-17-27-23(22-34)12-14-29-28(27)16-18-33(5)24(13-15-30(29)33)20-26(21-31(35)32(2,3)4)39(37,38)25-10-8-7-9-11-25/h7-12,24,26-31,35-36H,6,13-22H2,1-5H3/t24?,26?,27?,28?,29?,30?,31?,33?,34-/m0/s1. The Balaban J connectivity index is 1.38. The van der Waals surface area contributed by atoms with E-state index in [-0.39, 0.29) is 10.8 Å². The first kappa shape index (κ1) is 29.3. The lowest BCUT2D eigenvalue weighted by Crippen LogP contribution is -2.48. The van der Waals surface area contributed by atoms with Gasteiger partial charge in [0.05, 0.1) is 21.9 Å². The van der Waals surface area contributed by atoms with Crippen LogP contribution in [0.25, 0.3) is 0 Å². The van der Waals surface area contributed by atoms with Gasteiger partial charge < -0.3 is 10.2 Å². The van der Waals surface area contributed by atoms with E-state index in [9.17, 15) is 18.6 Å². The zero-order valence-corrected chi connectivity index (χ0v) is 25.7. The summed E-state index contributed by atoms with van der Waals surface area (Å²) in [5.41, 5.74) is 0.812. The van der Waals surface area contributed by atoms with Crippen molar-refractivity contribution in [2.75, 3.05) is 0 Å². The summed E-state index contributed by atoms with van der Waals surface area (Å²) in [5.74, 6) is 3.03. The molecule has 0 aliphatic heterocycles. The van der Waals surface area contributed by atoms with Gasteiger partial charge in [0, 0.05) is 0 Å². The van der Waals surface area contributed by atoms with Gasteiger partial charge in [-0.15, -0.1) is 0 Å². The topological polar surface area (TPSA) is 74.6 Å². The van der Waals surface area contributed by atoms with Gasteiger partial charge in [-0.05, 0) is 123 Å². The number of hydrogen-bond donors (Lipinski definition) is 2. The molecule has 0 aromatic heterocycles. The highest BCUT2D eigenvalue weighted by Gasteiger charge is 2.57. The average molecular weight is 557 g/mol. The first-order valence-electron chi connectivity index (χ1n) is 15.7. The third-order valence-electron chi connectivity index (χ3n) is 12.0. The first-order valence-corrected chi connectivity index (χ1v) is 17.2. The van der Waals surface area contributed by atoms with Gasteiger partial charge in [-0.3, -0.25) is 0 Å². The molecular weight excluding hydrogens is 504 g/mol. The number of hydrogen-bond acceptors (Lipinski definition) is 4. The summed E-state index contributed by atoms with van der Waals surface area (Å²) in [6.45, 7) is 10.6. The maximum absolute atomic E-state index is 14.0. The zero-order chi connectivity index (χ0) is 28.2. The Morgan fingerprint density at radius 2 is 1.74 bits per heavy atom. The molecule has 4 aliphatic carbocycles. The van der Waals surface area contributed by atoms with Crippen LogP contribution in [0, 0.1) is 40.4 Å². The van der Waals surface area contributed by atoms with Crippen molar-refractivity contribution in [3.63, 3.8) is 0 Å². The highest BCUT2D eigenvalue weighted by Crippen LogP contribution is 2.64. The molecule has 0 saturated heterocycles. The predicted octanol–water partition coefficient (Wildman–Crippen LogP) is 7.35. The maximum Gasteiger partial charge on any atom is 0.181 e. The molecule has 2 N–H and O–H groups in total. The van der Waals surface area contributed by atoms with Crippen molar-refractivity contribution in [2.45, 2.75) is 127 Å². The van der Waals surface area contributed by atoms with Crippen molar-refractivity contribution in [1.29, 1.82) is 0 Å². The molecule has 4 nitrogen and oxygen atoms in total. The molecule has 3 saturated carbocycles. The van der Waals surface area contributed by atoms with Gasteiger partial charge in [0.2, 0.25) is 0 Å². The third-order valence-corrected chi connectivity index (χ3v) is 14.2. The normalized spacial score (nSPS) is 38.2. The van der Waals surface area contributed by atoms with Crippen molar-refractivity contribution in [3.8, 4) is 0 Å². The Morgan fingerprint density at radius 1 is 1.03 bits per heavy atom. The minimum Gasteiger partial charge on any atom is -0.393 e. The van der Waals surface area contributed by atoms with E-state index >= 15 is 0 Å². The van der Waals surface area contributed by atoms with E-state index in [1.807, 2.05) is 26.8 Å². The van der Waals surface area contributed by atoms with Crippen LogP contribution in [0.5, 0.6) is 0 Å². The van der Waals surface area contributed by atoms with Crippen LogP contribution in [-0.2, 0) is 9.84 Å². The molecule has 0 radical (unpaired) electrons. The minimum absolute atomic E-state index is 0.155. The Kier molecular flexibility index (Phi) is 7.96. The summed E-state index contributed by atoms with van der Waals surface area (Å²) < 4.78 is 27.9. The lowest BCUT2D eigenvalue weighted by Gasteiger charge is -2.55. The molecule has 8 unspecified atom stereocenters. The Bertz CT molecular complexity index is 1150. The number of rotatable bonds is 7. The van der Waals surface area contributed by atoms with Crippen LogP contribution in [0.15, 0.2) is 46.9 Å². The lowest BCUT2D eigenvalue weighted by molar-refractivity contribution is -0.0410. The molecule has 5 rings (SSSR count). The minimum atomic E-state index is -3.55. The molecule has 0 heterocycles. The SMILES string of the molecule is CC[C@]1(O)CCC2C(=CCC3C2CCC2(C)C(CC(CC(O)C(C)(C)C)S(=O)(=O)c4ccccc4)CCC32)C1. The second kappa shape index (κ2) is 10.6. The van der Waals surface area contributed by atoms with Gasteiger partial charge in [0.25, 0.3) is 0 Å². The van der Waals surface area contributed by atoms with E-state index in [0.29, 0.717) is 41.4 Å². The molecule has 0 spiro atoms. The summed E-state index contributed by atoms with van der Waals surface area (Å²) in [6, 6.07) is 8.89. The van der Waals surface area contributed by atoms with Crippen molar-refractivity contribution < 1.29 is 18.6 Å². The first-order chi connectivity index (χ1) is 18.3. The molecule has 1 aromatic carbocycles. The Morgan fingerprint density at radius 3 is 2.41 bits per heavy atom. The Labute approximate surface area is 237 Å². The molecule has 1 aromatic rings. The van der Waals surface area contributed by atoms with Gasteiger partial charge in [-0.1, -0.05) is 64.5 Å². The highest BCUT2D eigenvalue weighted by molar-refractivity contribution is 7.92. The summed E-state index contributed by atoms with van der Waals surface area (Å²) in [5, 5.41) is 21.5. The zero-order valence-electron chi connectivity index (χ0n) is 24.9. The van der Waals surface area contributed by atoms with E-state index in [1.165, 1.54) is 24.8 Å². The van der Waals surface area contributed by atoms with E-state index in [1.54, 1.807) is 24.3 Å². The van der Waals surface area contributed by atoms with Crippen LogP contribution in [0.4, 0.5) is 0 Å². The monoisotopic (exact) mass is 556 g/mol. The molecule has 9 atom stereocenters. The maximum atomic E-state index is 14.0. The van der Waals surface area contributed by atoms with Gasteiger partial charge in [-0.25, -0.2) is 8.42 Å². The van der Waals surface area contributed by atoms with Crippen molar-refractivity contribution >= 4 is 9.84 Å². The largest absolute Gasteiger partial charge is 0.393 e. The number of sulfone groups is 1. The molecule has 39 heavy (non-hydrogen) atoms. The van der Waals surface area contributed by atoms with Gasteiger partial charge in [-0.2, -0.15) is 0 Å². The average Bonchev–Trinajstić information content (AvgIpc) is 3.23. The van der Waals surface area contributed by atoms with Crippen molar-refractivity contribution in [3.05, 3.63) is 42.0 Å². The Hall–Kier alpha value is -1.17. The van der Waals surface area contributed by atoms with Crippen LogP contribution in [0.1, 0.15) is 105 Å². The molecule has 218 valence electrons. The van der Waals surface area contributed by atoms with E-state index in [0.717, 1.165) is 44.4 Å². The van der Waals surface area contributed by atoms with Crippen LogP contribution >= 0.6 is 0 Å². The molecule has 4 aliphatic rings. The van der Waals surface area contributed by atoms with E-state index in [2.05, 4.69) is 19.9 Å². The van der Waals surface area contributed by atoms with Gasteiger partial charge in [0.1, 0.15) is 0 Å². The third kappa shape index (κ3) is 5.42. The van der Waals surface area contributed by atoms with Gasteiger partial charge in [0.15, 0.2) is 9.84 Å². The second-order valence-corrected chi connectivity index (χ2v) is 17.2. The van der Waals surface area contributed by atoms with Crippen LogP contribution in [0.2, 0.25) is 0 Å². The number of allylic oxidation sites excluding steroid dienone is 1. The number of fused-ring (bicyclic) bond motifs is 5. The predicted molar refractivity (Wildman–Crippen MR) is 158 cm³/mol. The van der Waals surface area contributed by atoms with Crippen molar-refractivity contribution in [2.24, 2.45) is 40.4 Å². The molecule has 5 heteroatoms. The smallest absolute Gasteiger partial charge is 0.181 e. The number of benzene rings is 1. The van der Waals surface area contributed by atoms with Crippen molar-refractivity contribution in [1.82, 2.24) is 0 Å². The van der Waals surface area contributed by atoms with Gasteiger partial charge >= 0.3 is 0 Å². The number of aliphatic hydroxyl groups excluding tert-OH is 1. The summed E-state index contributed by atoms with van der Waals surface area (Å²) in [7, 11) is -3.55. The van der Waals surface area contributed by atoms with Crippen LogP contribution in [-0.4, -0.2) is 35.6 Å². The quantitative estimate of drug-likeness (QED) is 0.345. The summed E-state index contributed by atoms with van der Waals surface area (Å²) >= 11 is 0. The highest BCUT2D eigenvalue weighted by atomic mass is 32.2. The summed E-state index contributed by atoms with van der Waals surface area (Å²) in [4.78, 5) is 0.383. The fourth-order valence-electron chi connectivity index (χ4n) is 9.23. The molecular formula is C34H52O4S. The van der Waals surface area contributed by atoms with Crippen LogP contribution in [0.3, 0.4) is 0 Å².